The van der Waals surface area contributed by atoms with Gasteiger partial charge in [-0.15, -0.1) is 0 Å². The van der Waals surface area contributed by atoms with Gasteiger partial charge >= 0.3 is 0 Å². The first-order chi connectivity index (χ1) is 8.61. The Morgan fingerprint density at radius 2 is 2.00 bits per heavy atom. The van der Waals surface area contributed by atoms with E-state index in [1.165, 1.54) is 18.4 Å². The Morgan fingerprint density at radius 1 is 1.39 bits per heavy atom. The van der Waals surface area contributed by atoms with Gasteiger partial charge in [0.1, 0.15) is 12.1 Å². The minimum atomic E-state index is -1.07. The van der Waals surface area contributed by atoms with E-state index in [0.29, 0.717) is 18.7 Å². The minimum Gasteiger partial charge on any atom is -0.405 e. The number of hydrogen-bond acceptors (Lipinski definition) is 4. The Hall–Kier alpha value is -1.59. The Bertz CT molecular complexity index is 357. The number of carbonyl (C=O) groups is 1. The normalized spacial score (nSPS) is 20.1. The lowest BCUT2D eigenvalue weighted by Gasteiger charge is -2.24. The van der Waals surface area contributed by atoms with Gasteiger partial charge in [0.25, 0.3) is 0 Å². The maximum Gasteiger partial charge on any atom is 0.242 e. The summed E-state index contributed by atoms with van der Waals surface area (Å²) in [6.45, 7) is 4.98. The number of likely N-dealkylation sites (tertiary alicyclic amines) is 1. The van der Waals surface area contributed by atoms with Crippen LogP contribution in [0.4, 0.5) is 0 Å². The Kier molecular flexibility index (Phi) is 5.61. The monoisotopic (exact) mass is 251 g/mol. The van der Waals surface area contributed by atoms with E-state index in [1.807, 2.05) is 0 Å². The highest BCUT2D eigenvalue weighted by Crippen LogP contribution is 2.13. The molecule has 0 aromatic carbocycles. The second-order valence-corrected chi connectivity index (χ2v) is 4.26. The van der Waals surface area contributed by atoms with Gasteiger partial charge in [-0.1, -0.05) is 18.7 Å². The van der Waals surface area contributed by atoms with Crippen molar-refractivity contribution in [3.05, 3.63) is 36.6 Å². The summed E-state index contributed by atoms with van der Waals surface area (Å²) in [5.41, 5.74) is 11.6. The third-order valence-electron chi connectivity index (χ3n) is 2.98. The summed E-state index contributed by atoms with van der Waals surface area (Å²) in [5, 5.41) is 10.1. The fourth-order valence-electron chi connectivity index (χ4n) is 1.99. The van der Waals surface area contributed by atoms with Crippen molar-refractivity contribution in [3.8, 4) is 0 Å². The number of hydrogen-bond donors (Lipinski definition) is 3. The molecule has 1 fully saturated rings. The molecule has 1 aliphatic rings. The molecular weight excluding hydrogens is 230 g/mol. The first-order valence-corrected chi connectivity index (χ1v) is 6.05. The Morgan fingerprint density at radius 3 is 2.50 bits per heavy atom. The largest absolute Gasteiger partial charge is 0.405 e. The quantitative estimate of drug-likeness (QED) is 0.594. The molecule has 1 amide bonds. The van der Waals surface area contributed by atoms with E-state index in [2.05, 4.69) is 6.58 Å². The van der Waals surface area contributed by atoms with E-state index in [-0.39, 0.29) is 5.91 Å². The molecule has 0 saturated carbocycles. The zero-order valence-corrected chi connectivity index (χ0v) is 10.5. The number of aliphatic hydroxyl groups is 1. The molecule has 1 heterocycles. The number of carbonyl (C=O) groups excluding carboxylic acids is 1. The summed E-state index contributed by atoms with van der Waals surface area (Å²) < 4.78 is 0. The zero-order chi connectivity index (χ0) is 13.5. The lowest BCUT2D eigenvalue weighted by molar-refractivity contribution is -0.133. The van der Waals surface area contributed by atoms with Gasteiger partial charge in [-0.25, -0.2) is 0 Å². The van der Waals surface area contributed by atoms with Gasteiger partial charge < -0.3 is 21.5 Å². The highest BCUT2D eigenvalue weighted by molar-refractivity contribution is 5.83. The van der Waals surface area contributed by atoms with Crippen LogP contribution in [0.5, 0.6) is 0 Å². The van der Waals surface area contributed by atoms with Gasteiger partial charge in [0.2, 0.25) is 5.91 Å². The SMILES string of the molecule is C=C/C=C(\C=C/N)[C@H](O)[C@@H](N)C(=O)N1CCCC1. The van der Waals surface area contributed by atoms with Crippen molar-refractivity contribution in [2.45, 2.75) is 25.0 Å². The lowest BCUT2D eigenvalue weighted by Crippen LogP contribution is -2.49. The Labute approximate surface area is 107 Å². The van der Waals surface area contributed by atoms with Crippen molar-refractivity contribution < 1.29 is 9.90 Å². The summed E-state index contributed by atoms with van der Waals surface area (Å²) in [4.78, 5) is 13.7. The highest BCUT2D eigenvalue weighted by Gasteiger charge is 2.29. The molecule has 1 rings (SSSR count). The number of nitrogens with two attached hydrogens (primary N) is 2. The van der Waals surface area contributed by atoms with Crippen molar-refractivity contribution in [1.29, 1.82) is 0 Å². The van der Waals surface area contributed by atoms with Crippen LogP contribution in [-0.2, 0) is 4.79 Å². The average Bonchev–Trinajstić information content (AvgIpc) is 2.89. The lowest BCUT2D eigenvalue weighted by atomic mass is 10.0. The molecule has 0 unspecified atom stereocenters. The maximum atomic E-state index is 12.0. The van der Waals surface area contributed by atoms with Crippen molar-refractivity contribution in [1.82, 2.24) is 4.90 Å². The van der Waals surface area contributed by atoms with E-state index < -0.39 is 12.1 Å². The Balaban J connectivity index is 2.74. The van der Waals surface area contributed by atoms with Crippen LogP contribution in [0.1, 0.15) is 12.8 Å². The predicted octanol–water partition coefficient (Wildman–Crippen LogP) is -0.118. The van der Waals surface area contributed by atoms with Crippen LogP contribution in [0.25, 0.3) is 0 Å². The van der Waals surface area contributed by atoms with Gasteiger partial charge in [0.05, 0.1) is 0 Å². The van der Waals surface area contributed by atoms with Gasteiger partial charge in [0.15, 0.2) is 0 Å². The van der Waals surface area contributed by atoms with Gasteiger partial charge in [0, 0.05) is 13.1 Å². The molecule has 18 heavy (non-hydrogen) atoms. The van der Waals surface area contributed by atoms with Crippen LogP contribution < -0.4 is 11.5 Å². The van der Waals surface area contributed by atoms with E-state index in [4.69, 9.17) is 11.5 Å². The molecule has 0 radical (unpaired) electrons. The molecule has 0 bridgehead atoms. The summed E-state index contributed by atoms with van der Waals surface area (Å²) >= 11 is 0. The second-order valence-electron chi connectivity index (χ2n) is 4.26. The molecule has 0 aliphatic carbocycles. The van der Waals surface area contributed by atoms with Crippen LogP contribution in [0.3, 0.4) is 0 Å². The van der Waals surface area contributed by atoms with E-state index in [9.17, 15) is 9.90 Å². The highest BCUT2D eigenvalue weighted by atomic mass is 16.3. The maximum absolute atomic E-state index is 12.0. The minimum absolute atomic E-state index is 0.222. The van der Waals surface area contributed by atoms with Crippen molar-refractivity contribution in [2.24, 2.45) is 11.5 Å². The first-order valence-electron chi connectivity index (χ1n) is 6.05. The molecule has 5 heteroatoms. The van der Waals surface area contributed by atoms with Crippen LogP contribution in [-0.4, -0.2) is 41.1 Å². The number of allylic oxidation sites excluding steroid dienone is 2. The van der Waals surface area contributed by atoms with E-state index in [1.54, 1.807) is 11.0 Å². The van der Waals surface area contributed by atoms with Gasteiger partial charge in [-0.05, 0) is 30.7 Å². The molecule has 2 atom stereocenters. The van der Waals surface area contributed by atoms with Gasteiger partial charge in [-0.3, -0.25) is 4.79 Å². The molecule has 1 saturated heterocycles. The summed E-state index contributed by atoms with van der Waals surface area (Å²) in [7, 11) is 0. The smallest absolute Gasteiger partial charge is 0.242 e. The molecule has 5 nitrogen and oxygen atoms in total. The number of nitrogens with zero attached hydrogens (tertiary/aromatic N) is 1. The van der Waals surface area contributed by atoms with Crippen LogP contribution in [0.15, 0.2) is 36.6 Å². The molecule has 0 spiro atoms. The third-order valence-corrected chi connectivity index (χ3v) is 2.98. The standard InChI is InChI=1S/C13H21N3O2/c1-2-5-10(6-7-14)12(17)11(15)13(18)16-8-3-4-9-16/h2,5-7,11-12,17H,1,3-4,8-9,14-15H2/b7-6-,10-5+/t11-,12+/m1/s1. The fourth-order valence-corrected chi connectivity index (χ4v) is 1.99. The number of aliphatic hydroxyl groups excluding tert-OH is 1. The third kappa shape index (κ3) is 3.45. The van der Waals surface area contributed by atoms with Crippen molar-refractivity contribution in [2.75, 3.05) is 13.1 Å². The van der Waals surface area contributed by atoms with Gasteiger partial charge in [-0.2, -0.15) is 0 Å². The van der Waals surface area contributed by atoms with Crippen LogP contribution in [0, 0.1) is 0 Å². The second kappa shape index (κ2) is 6.98. The van der Waals surface area contributed by atoms with Crippen molar-refractivity contribution >= 4 is 5.91 Å². The zero-order valence-electron chi connectivity index (χ0n) is 10.5. The topological polar surface area (TPSA) is 92.6 Å². The van der Waals surface area contributed by atoms with E-state index >= 15 is 0 Å². The average molecular weight is 251 g/mol. The first kappa shape index (κ1) is 14.5. The van der Waals surface area contributed by atoms with Crippen LogP contribution in [0.2, 0.25) is 0 Å². The molecule has 0 aromatic heterocycles. The number of amides is 1. The molecule has 1 aliphatic heterocycles. The summed E-state index contributed by atoms with van der Waals surface area (Å²) in [5.74, 6) is -0.222. The summed E-state index contributed by atoms with van der Waals surface area (Å²) in [6, 6.07) is -0.967. The van der Waals surface area contributed by atoms with Crippen LogP contribution >= 0.6 is 0 Å². The van der Waals surface area contributed by atoms with E-state index in [0.717, 1.165) is 12.8 Å². The fraction of sp³-hybridized carbons (Fsp3) is 0.462. The number of rotatable bonds is 5. The molecule has 0 aromatic rings. The van der Waals surface area contributed by atoms with Crippen molar-refractivity contribution in [3.63, 3.8) is 0 Å². The molecule has 5 N–H and O–H groups in total. The molecular formula is C13H21N3O2. The predicted molar refractivity (Wildman–Crippen MR) is 71.4 cm³/mol. The summed E-state index contributed by atoms with van der Waals surface area (Å²) in [6.07, 6.45) is 6.83. The molecule has 100 valence electrons.